The number of quaternary nitrogens is 1. The monoisotopic (exact) mass is 327 g/mol. The lowest BCUT2D eigenvalue weighted by Gasteiger charge is -2.61. The minimum Gasteiger partial charge on any atom is -0.350 e. The van der Waals surface area contributed by atoms with Gasteiger partial charge in [-0.15, -0.1) is 0 Å². The number of carbonyl (C=O) groups excluding carboxylic acids is 1. The summed E-state index contributed by atoms with van der Waals surface area (Å²) in [6.45, 7) is 1.80. The molecule has 1 amide bonds. The molecule has 4 fully saturated rings. The van der Waals surface area contributed by atoms with Gasteiger partial charge in [0.05, 0.1) is 32.6 Å². The van der Waals surface area contributed by atoms with Crippen LogP contribution >= 0.6 is 0 Å². The molecule has 0 saturated heterocycles. The van der Waals surface area contributed by atoms with Crippen LogP contribution in [0.2, 0.25) is 0 Å². The van der Waals surface area contributed by atoms with E-state index in [2.05, 4.69) is 49.7 Å². The molecule has 130 valence electrons. The van der Waals surface area contributed by atoms with Crippen molar-refractivity contribution >= 4 is 5.91 Å². The molecule has 4 aliphatic rings. The fourth-order valence-corrected chi connectivity index (χ4v) is 6.27. The quantitative estimate of drug-likeness (QED) is 0.849. The maximum Gasteiger partial charge on any atom is 0.226 e. The molecule has 0 spiro atoms. The lowest BCUT2D eigenvalue weighted by Crippen LogP contribution is -3.06. The maximum atomic E-state index is 13.1. The van der Waals surface area contributed by atoms with Gasteiger partial charge in [-0.25, -0.2) is 0 Å². The SMILES string of the molecule is C[NH+](C)CCNC(=O)C12C[C@H]3C[C@@H](C1)CC(c1ccccc1)(C3)C2. The number of hydrogen-bond donors (Lipinski definition) is 2. The van der Waals surface area contributed by atoms with Crippen molar-refractivity contribution in [2.75, 3.05) is 27.2 Å². The van der Waals surface area contributed by atoms with Gasteiger partial charge < -0.3 is 10.2 Å². The molecule has 4 bridgehead atoms. The van der Waals surface area contributed by atoms with E-state index in [0.717, 1.165) is 44.2 Å². The molecule has 1 aromatic carbocycles. The zero-order valence-electron chi connectivity index (χ0n) is 15.1. The molecule has 0 radical (unpaired) electrons. The second-order valence-electron chi connectivity index (χ2n) is 9.10. The average Bonchev–Trinajstić information content (AvgIpc) is 2.54. The van der Waals surface area contributed by atoms with Gasteiger partial charge >= 0.3 is 0 Å². The van der Waals surface area contributed by atoms with Crippen molar-refractivity contribution in [3.63, 3.8) is 0 Å². The summed E-state index contributed by atoms with van der Waals surface area (Å²) < 4.78 is 0. The first-order valence-corrected chi connectivity index (χ1v) is 9.64. The molecular formula is C21H31N2O+. The zero-order valence-corrected chi connectivity index (χ0v) is 15.1. The Morgan fingerprint density at radius 2 is 1.79 bits per heavy atom. The molecule has 0 aliphatic heterocycles. The third kappa shape index (κ3) is 2.67. The summed E-state index contributed by atoms with van der Waals surface area (Å²) in [5.41, 5.74) is 1.64. The summed E-state index contributed by atoms with van der Waals surface area (Å²) in [5.74, 6) is 1.84. The first kappa shape index (κ1) is 16.1. The summed E-state index contributed by atoms with van der Waals surface area (Å²) >= 11 is 0. The highest BCUT2D eigenvalue weighted by atomic mass is 16.2. The summed E-state index contributed by atoms with van der Waals surface area (Å²) in [6, 6.07) is 11.0. The fraction of sp³-hybridized carbons (Fsp3) is 0.667. The highest BCUT2D eigenvalue weighted by Crippen LogP contribution is 2.65. The third-order valence-corrected chi connectivity index (χ3v) is 6.84. The van der Waals surface area contributed by atoms with E-state index < -0.39 is 0 Å². The van der Waals surface area contributed by atoms with Crippen molar-refractivity contribution in [3.8, 4) is 0 Å². The summed E-state index contributed by atoms with van der Waals surface area (Å²) in [4.78, 5) is 14.5. The van der Waals surface area contributed by atoms with E-state index in [1.54, 1.807) is 0 Å². The van der Waals surface area contributed by atoms with E-state index >= 15 is 0 Å². The molecule has 4 saturated carbocycles. The van der Waals surface area contributed by atoms with Gasteiger partial charge in [0, 0.05) is 0 Å². The normalized spacial score (nSPS) is 37.0. The van der Waals surface area contributed by atoms with Crippen molar-refractivity contribution in [3.05, 3.63) is 35.9 Å². The van der Waals surface area contributed by atoms with Gasteiger partial charge in [-0.3, -0.25) is 4.79 Å². The van der Waals surface area contributed by atoms with Gasteiger partial charge in [0.1, 0.15) is 0 Å². The van der Waals surface area contributed by atoms with Gasteiger partial charge in [0.15, 0.2) is 0 Å². The minimum atomic E-state index is -0.0957. The second kappa shape index (κ2) is 5.87. The molecule has 5 rings (SSSR count). The Hall–Kier alpha value is -1.35. The van der Waals surface area contributed by atoms with Crippen molar-refractivity contribution in [2.45, 2.75) is 43.9 Å². The zero-order chi connectivity index (χ0) is 16.8. The summed E-state index contributed by atoms with van der Waals surface area (Å²) in [5, 5.41) is 3.28. The van der Waals surface area contributed by atoms with Crippen LogP contribution in [0.3, 0.4) is 0 Å². The lowest BCUT2D eigenvalue weighted by molar-refractivity contribution is -0.856. The smallest absolute Gasteiger partial charge is 0.226 e. The standard InChI is InChI=1S/C21H30N2O/c1-23(2)9-8-22-19(24)21-13-16-10-17(14-21)12-20(11-16,15-21)18-6-4-3-5-7-18/h3-7,16-17H,8-15H2,1-2H3,(H,22,24)/p+1/t16-,17+,20?,21?. The van der Waals surface area contributed by atoms with Crippen LogP contribution in [0.4, 0.5) is 0 Å². The molecule has 4 aliphatic carbocycles. The minimum absolute atomic E-state index is 0.0957. The van der Waals surface area contributed by atoms with Gasteiger partial charge in [0.2, 0.25) is 5.91 Å². The van der Waals surface area contributed by atoms with Crippen LogP contribution < -0.4 is 10.2 Å². The van der Waals surface area contributed by atoms with E-state index in [-0.39, 0.29) is 10.8 Å². The van der Waals surface area contributed by atoms with Crippen LogP contribution in [0, 0.1) is 17.3 Å². The number of nitrogens with one attached hydrogen (secondary N) is 2. The first-order valence-electron chi connectivity index (χ1n) is 9.64. The predicted molar refractivity (Wildman–Crippen MR) is 95.9 cm³/mol. The van der Waals surface area contributed by atoms with Crippen LogP contribution in [-0.4, -0.2) is 33.1 Å². The molecule has 0 heterocycles. The Morgan fingerprint density at radius 3 is 2.42 bits per heavy atom. The van der Waals surface area contributed by atoms with E-state index in [9.17, 15) is 4.79 Å². The molecule has 2 unspecified atom stereocenters. The Labute approximate surface area is 145 Å². The topological polar surface area (TPSA) is 33.5 Å². The molecular weight excluding hydrogens is 296 g/mol. The van der Waals surface area contributed by atoms with Crippen LogP contribution in [-0.2, 0) is 10.2 Å². The molecule has 24 heavy (non-hydrogen) atoms. The largest absolute Gasteiger partial charge is 0.350 e. The average molecular weight is 327 g/mol. The van der Waals surface area contributed by atoms with Gasteiger partial charge in [-0.05, 0) is 61.3 Å². The lowest BCUT2D eigenvalue weighted by atomic mass is 9.42. The third-order valence-electron chi connectivity index (χ3n) is 6.84. The van der Waals surface area contributed by atoms with Crippen molar-refractivity contribution < 1.29 is 9.69 Å². The molecule has 3 nitrogen and oxygen atoms in total. The van der Waals surface area contributed by atoms with E-state index in [0.29, 0.717) is 5.91 Å². The Balaban J connectivity index is 1.58. The Bertz CT molecular complexity index is 596. The Kier molecular flexibility index (Phi) is 3.95. The molecule has 0 aromatic heterocycles. The molecule has 2 N–H and O–H groups in total. The summed E-state index contributed by atoms with van der Waals surface area (Å²) in [6.07, 6.45) is 7.26. The van der Waals surface area contributed by atoms with Crippen LogP contribution in [0.15, 0.2) is 30.3 Å². The van der Waals surface area contributed by atoms with E-state index in [1.165, 1.54) is 29.7 Å². The van der Waals surface area contributed by atoms with Gasteiger partial charge in [-0.1, -0.05) is 30.3 Å². The fourth-order valence-electron chi connectivity index (χ4n) is 6.27. The van der Waals surface area contributed by atoms with E-state index in [4.69, 9.17) is 0 Å². The second-order valence-corrected chi connectivity index (χ2v) is 9.10. The molecule has 3 heteroatoms. The van der Waals surface area contributed by atoms with Gasteiger partial charge in [0.25, 0.3) is 0 Å². The molecule has 4 atom stereocenters. The highest BCUT2D eigenvalue weighted by molar-refractivity contribution is 5.83. The number of benzene rings is 1. The highest BCUT2D eigenvalue weighted by Gasteiger charge is 2.60. The number of hydrogen-bond acceptors (Lipinski definition) is 1. The van der Waals surface area contributed by atoms with Gasteiger partial charge in [-0.2, -0.15) is 0 Å². The van der Waals surface area contributed by atoms with Crippen molar-refractivity contribution in [2.24, 2.45) is 17.3 Å². The van der Waals surface area contributed by atoms with Crippen LogP contribution in [0.5, 0.6) is 0 Å². The predicted octanol–water partition coefficient (Wildman–Crippen LogP) is 1.79. The number of amides is 1. The van der Waals surface area contributed by atoms with Crippen molar-refractivity contribution in [1.29, 1.82) is 0 Å². The van der Waals surface area contributed by atoms with Crippen LogP contribution in [0.1, 0.15) is 44.1 Å². The summed E-state index contributed by atoms with van der Waals surface area (Å²) in [7, 11) is 4.28. The number of rotatable bonds is 5. The number of carbonyl (C=O) groups is 1. The number of likely N-dealkylation sites (N-methyl/N-ethyl adjacent to an activating group) is 1. The van der Waals surface area contributed by atoms with E-state index in [1.807, 2.05) is 0 Å². The molecule has 1 aromatic rings. The first-order chi connectivity index (χ1) is 11.5. The van der Waals surface area contributed by atoms with Crippen LogP contribution in [0.25, 0.3) is 0 Å². The Morgan fingerprint density at radius 1 is 1.12 bits per heavy atom. The van der Waals surface area contributed by atoms with Crippen molar-refractivity contribution in [1.82, 2.24) is 5.32 Å². The maximum absolute atomic E-state index is 13.1.